The van der Waals surface area contributed by atoms with Crippen LogP contribution < -0.4 is 10.1 Å². The number of pyridine rings is 1. The largest absolute Gasteiger partial charge is 0.480 e. The number of aromatic nitrogens is 5. The van der Waals surface area contributed by atoms with E-state index in [0.717, 1.165) is 11.8 Å². The third-order valence-electron chi connectivity index (χ3n) is 5.87. The highest BCUT2D eigenvalue weighted by Crippen LogP contribution is 2.46. The first-order chi connectivity index (χ1) is 16.2. The monoisotopic (exact) mass is 488 g/mol. The van der Waals surface area contributed by atoms with Gasteiger partial charge in [-0.25, -0.2) is 23.3 Å². The number of anilines is 1. The zero-order valence-corrected chi connectivity index (χ0v) is 19.1. The molecule has 0 aromatic carbocycles. The lowest BCUT2D eigenvalue weighted by Crippen LogP contribution is -2.22. The molecule has 0 saturated carbocycles. The van der Waals surface area contributed by atoms with Gasteiger partial charge >= 0.3 is 0 Å². The molecule has 34 heavy (non-hydrogen) atoms. The minimum absolute atomic E-state index is 0.0584. The summed E-state index contributed by atoms with van der Waals surface area (Å²) >= 11 is 6.06. The number of alkyl halides is 2. The Bertz CT molecular complexity index is 1400. The first kappa shape index (κ1) is 22.2. The molecule has 9 nitrogen and oxygen atoms in total. The number of ether oxygens (including phenoxy) is 1. The van der Waals surface area contributed by atoms with E-state index in [9.17, 15) is 13.6 Å². The van der Waals surface area contributed by atoms with Crippen molar-refractivity contribution in [3.63, 3.8) is 0 Å². The smallest absolute Gasteiger partial charge is 0.264 e. The van der Waals surface area contributed by atoms with Gasteiger partial charge in [0.05, 0.1) is 24.9 Å². The molecule has 0 saturated heterocycles. The lowest BCUT2D eigenvalue weighted by atomic mass is 9.88. The summed E-state index contributed by atoms with van der Waals surface area (Å²) in [4.78, 5) is 25.8. The molecule has 0 aliphatic heterocycles. The summed E-state index contributed by atoms with van der Waals surface area (Å²) in [5.74, 6) is -1.28. The van der Waals surface area contributed by atoms with Gasteiger partial charge in [0.2, 0.25) is 17.7 Å². The standard InChI is InChI=1S/C22H19ClF2N6O3/c1-22(2)8-11(12-9-27-15-7-13(23)30-31(15)17(12)22)19(32)28-14-6-10(18(24)25)16(21(29-14)33-3)20-26-4-5-34-20/h4-7,9,11,18H,8H2,1-3H3,(H,28,29,32). The molecular formula is C22H19ClF2N6O3. The van der Waals surface area contributed by atoms with Gasteiger partial charge in [0.1, 0.15) is 17.6 Å². The van der Waals surface area contributed by atoms with Crippen molar-refractivity contribution in [2.45, 2.75) is 38.0 Å². The molecule has 1 aliphatic rings. The van der Waals surface area contributed by atoms with Gasteiger partial charge in [-0.2, -0.15) is 10.1 Å². The summed E-state index contributed by atoms with van der Waals surface area (Å²) in [5, 5.41) is 7.26. The van der Waals surface area contributed by atoms with Crippen molar-refractivity contribution in [1.82, 2.24) is 24.6 Å². The maximum atomic E-state index is 13.9. The van der Waals surface area contributed by atoms with Crippen molar-refractivity contribution in [3.05, 3.63) is 52.8 Å². The van der Waals surface area contributed by atoms with Crippen LogP contribution in [0, 0.1) is 0 Å². The molecule has 1 atom stereocenters. The van der Waals surface area contributed by atoms with Gasteiger partial charge in [-0.15, -0.1) is 0 Å². The zero-order valence-electron chi connectivity index (χ0n) is 18.3. The molecule has 5 rings (SSSR count). The molecule has 0 radical (unpaired) electrons. The average Bonchev–Trinajstić information content (AvgIpc) is 3.50. The number of carbonyl (C=O) groups excluding carboxylic acids is 1. The summed E-state index contributed by atoms with van der Waals surface area (Å²) in [7, 11) is 1.29. The molecular weight excluding hydrogens is 470 g/mol. The number of nitrogens with zero attached hydrogens (tertiary/aromatic N) is 5. The Morgan fingerprint density at radius 3 is 2.82 bits per heavy atom. The van der Waals surface area contributed by atoms with Crippen molar-refractivity contribution in [3.8, 4) is 17.3 Å². The Balaban J connectivity index is 1.52. The lowest BCUT2D eigenvalue weighted by Gasteiger charge is -2.19. The van der Waals surface area contributed by atoms with E-state index in [0.29, 0.717) is 22.8 Å². The number of halogens is 3. The summed E-state index contributed by atoms with van der Waals surface area (Å²) in [6.07, 6.45) is 1.79. The van der Waals surface area contributed by atoms with Crippen LogP contribution in [0.5, 0.6) is 5.88 Å². The van der Waals surface area contributed by atoms with Gasteiger partial charge in [0, 0.05) is 28.8 Å². The van der Waals surface area contributed by atoms with E-state index >= 15 is 0 Å². The van der Waals surface area contributed by atoms with E-state index in [4.69, 9.17) is 20.8 Å². The predicted molar refractivity (Wildman–Crippen MR) is 118 cm³/mol. The molecule has 12 heteroatoms. The number of oxazole rings is 1. The number of rotatable bonds is 5. The van der Waals surface area contributed by atoms with Gasteiger partial charge in [-0.05, 0) is 12.5 Å². The van der Waals surface area contributed by atoms with Crippen molar-refractivity contribution in [1.29, 1.82) is 0 Å². The minimum Gasteiger partial charge on any atom is -0.480 e. The number of hydrogen-bond acceptors (Lipinski definition) is 7. The van der Waals surface area contributed by atoms with Crippen molar-refractivity contribution >= 4 is 29.0 Å². The number of carbonyl (C=O) groups is 1. The Morgan fingerprint density at radius 1 is 1.35 bits per heavy atom. The van der Waals surface area contributed by atoms with Gasteiger partial charge in [0.25, 0.3) is 6.43 Å². The average molecular weight is 489 g/mol. The Kier molecular flexibility index (Phi) is 5.23. The van der Waals surface area contributed by atoms with Crippen molar-refractivity contribution < 1.29 is 22.7 Å². The van der Waals surface area contributed by atoms with Crippen LogP contribution >= 0.6 is 11.6 Å². The van der Waals surface area contributed by atoms with Crippen LogP contribution in [0.15, 0.2) is 35.2 Å². The fourth-order valence-electron chi connectivity index (χ4n) is 4.50. The van der Waals surface area contributed by atoms with Gasteiger partial charge in [-0.1, -0.05) is 25.4 Å². The summed E-state index contributed by atoms with van der Waals surface area (Å²) in [5.41, 5.74) is 1.17. The van der Waals surface area contributed by atoms with E-state index in [2.05, 4.69) is 25.4 Å². The predicted octanol–water partition coefficient (Wildman–Crippen LogP) is 4.78. The highest BCUT2D eigenvalue weighted by atomic mass is 35.5. The molecule has 0 spiro atoms. The molecule has 0 fully saturated rings. The molecule has 1 amide bonds. The number of nitrogens with one attached hydrogen (secondary N) is 1. The van der Waals surface area contributed by atoms with Crippen LogP contribution in [0.3, 0.4) is 0 Å². The van der Waals surface area contributed by atoms with Gasteiger partial charge in [0.15, 0.2) is 10.8 Å². The minimum atomic E-state index is -2.89. The Morgan fingerprint density at radius 2 is 2.15 bits per heavy atom. The second-order valence-electron chi connectivity index (χ2n) is 8.55. The number of methoxy groups -OCH3 is 1. The van der Waals surface area contributed by atoms with Crippen LogP contribution in [0.1, 0.15) is 49.4 Å². The van der Waals surface area contributed by atoms with Crippen LogP contribution in [-0.2, 0) is 10.2 Å². The summed E-state index contributed by atoms with van der Waals surface area (Å²) in [6.45, 7) is 3.99. The molecule has 0 bridgehead atoms. The third-order valence-corrected chi connectivity index (χ3v) is 6.06. The molecule has 176 valence electrons. The maximum Gasteiger partial charge on any atom is 0.264 e. The van der Waals surface area contributed by atoms with Crippen LogP contribution in [-0.4, -0.2) is 37.6 Å². The fourth-order valence-corrected chi connectivity index (χ4v) is 4.67. The highest BCUT2D eigenvalue weighted by molar-refractivity contribution is 6.29. The van der Waals surface area contributed by atoms with E-state index in [1.807, 2.05) is 13.8 Å². The number of fused-ring (bicyclic) bond motifs is 3. The molecule has 4 aromatic heterocycles. The van der Waals surface area contributed by atoms with Gasteiger partial charge in [-0.3, -0.25) is 4.79 Å². The summed E-state index contributed by atoms with van der Waals surface area (Å²) in [6, 6.07) is 2.74. The SMILES string of the molecule is COc1nc(NC(=O)C2CC(C)(C)c3c2cnc2cc(Cl)nn32)cc(C(F)F)c1-c1ncco1. The highest BCUT2D eigenvalue weighted by Gasteiger charge is 2.43. The first-order valence-electron chi connectivity index (χ1n) is 10.3. The van der Waals surface area contributed by atoms with E-state index in [1.165, 1.54) is 19.6 Å². The maximum absolute atomic E-state index is 13.9. The topological polar surface area (TPSA) is 107 Å². The quantitative estimate of drug-likeness (QED) is 0.430. The summed E-state index contributed by atoms with van der Waals surface area (Å²) < 4.78 is 39.9. The van der Waals surface area contributed by atoms with Crippen molar-refractivity contribution in [2.24, 2.45) is 0 Å². The zero-order chi connectivity index (χ0) is 24.2. The molecule has 4 heterocycles. The number of amides is 1. The molecule has 4 aromatic rings. The molecule has 1 aliphatic carbocycles. The van der Waals surface area contributed by atoms with Gasteiger partial charge < -0.3 is 14.5 Å². The molecule has 1 N–H and O–H groups in total. The van der Waals surface area contributed by atoms with Crippen LogP contribution in [0.25, 0.3) is 17.1 Å². The van der Waals surface area contributed by atoms with E-state index in [-0.39, 0.29) is 23.2 Å². The second kappa shape index (κ2) is 8.01. The second-order valence-corrected chi connectivity index (χ2v) is 8.94. The fraction of sp³-hybridized carbons (Fsp3) is 0.318. The number of hydrogen-bond donors (Lipinski definition) is 1. The van der Waals surface area contributed by atoms with Crippen LogP contribution in [0.4, 0.5) is 14.6 Å². The van der Waals surface area contributed by atoms with Crippen molar-refractivity contribution in [2.75, 3.05) is 12.4 Å². The molecule has 1 unspecified atom stereocenters. The lowest BCUT2D eigenvalue weighted by molar-refractivity contribution is -0.117. The third kappa shape index (κ3) is 3.56. The Hall–Kier alpha value is -3.60. The van der Waals surface area contributed by atoms with E-state index in [1.54, 1.807) is 16.8 Å². The van der Waals surface area contributed by atoms with Crippen LogP contribution in [0.2, 0.25) is 5.15 Å². The first-order valence-corrected chi connectivity index (χ1v) is 10.7. The van der Waals surface area contributed by atoms with E-state index < -0.39 is 29.2 Å². The Labute approximate surface area is 197 Å². The normalized spacial score (nSPS) is 16.7.